The molecule has 2 amide bonds. The second-order valence-corrected chi connectivity index (χ2v) is 19.3. The van der Waals surface area contributed by atoms with E-state index in [1.165, 1.54) is 85.7 Å². The van der Waals surface area contributed by atoms with Crippen LogP contribution in [0.3, 0.4) is 0 Å². The Morgan fingerprint density at radius 1 is 0.782 bits per heavy atom. The van der Waals surface area contributed by atoms with Gasteiger partial charge in [0.2, 0.25) is 17.9 Å². The largest absolute Gasteiger partial charge is 0.468 e. The molecule has 39 heteroatoms. The Balaban J connectivity index is 0.000000476. The Morgan fingerprint density at radius 2 is 1.27 bits per heavy atom. The highest BCUT2D eigenvalue weighted by molar-refractivity contribution is 8.01. The maximum absolute atomic E-state index is 12.1. The standard InChI is InChI=1S/C12H12N4O3S.C8H10N4O2S.C7H8N4O2S.C5H6N4O.C4H5N3O.C3H6O2S.H2O4S/c1-9-3-5-10(6-4-9)20(17,18)19-12(7-13)11-8-16(2)15-14-11;1-12-4-6(10-11-12)7(3-9)15-5-8(13)14-2;1-11-2-4(9-10-11)6-7(13)8-5(12)3-14-6;1-9-3-4(7-8-9)5(10)2-6;1-7-2-4(3-8)5-6-7;1-5-3(4)2-6;1-5(2,3)4/h3-6,8,12H,1-2H3;4,7H,5H2,1-2H3;2,6H,3H2,1H3,(H,8,12,13);3,5,10H,1H3;2-3H,1H3;6H,2H2,1H3;(H2,1,2,3,4). The van der Waals surface area contributed by atoms with E-state index in [2.05, 4.69) is 85.0 Å². The quantitative estimate of drug-likeness (QED) is 0.0188. The van der Waals surface area contributed by atoms with Crippen molar-refractivity contribution in [2.45, 2.75) is 34.5 Å². The lowest BCUT2D eigenvalue weighted by molar-refractivity contribution is -0.138. The zero-order valence-electron chi connectivity index (χ0n) is 42.1. The van der Waals surface area contributed by atoms with Gasteiger partial charge < -0.3 is 14.6 Å². The predicted octanol–water partition coefficient (Wildman–Crippen LogP) is -0.938. The minimum Gasteiger partial charge on any atom is -0.468 e. The number of thiol groups is 1. The molecule has 1 saturated heterocycles. The average molecular weight is 1180 g/mol. The number of esters is 2. The Morgan fingerprint density at radius 3 is 1.64 bits per heavy atom. The Bertz CT molecular complexity index is 3220. The highest BCUT2D eigenvalue weighted by Crippen LogP contribution is 2.30. The third-order valence-corrected chi connectivity index (χ3v) is 11.9. The predicted molar refractivity (Wildman–Crippen MR) is 270 cm³/mol. The first kappa shape index (κ1) is 67.9. The van der Waals surface area contributed by atoms with Crippen molar-refractivity contribution in [3.8, 4) is 18.2 Å². The highest BCUT2D eigenvalue weighted by Gasteiger charge is 2.31. The summed E-state index contributed by atoms with van der Waals surface area (Å²) in [5.41, 5.74) is 2.86. The number of nitrogens with zero attached hydrogens (tertiary/aromatic N) is 18. The monoisotopic (exact) mass is 1180 g/mol. The summed E-state index contributed by atoms with van der Waals surface area (Å²) in [6.45, 7) is 1.84. The third-order valence-electron chi connectivity index (χ3n) is 8.03. The zero-order valence-corrected chi connectivity index (χ0v) is 46.2. The van der Waals surface area contributed by atoms with E-state index in [-0.39, 0.29) is 57.3 Å². The molecule has 1 aliphatic heterocycles. The van der Waals surface area contributed by atoms with Crippen LogP contribution in [0, 0.1) is 40.9 Å². The molecule has 6 aromatic rings. The summed E-state index contributed by atoms with van der Waals surface area (Å²) < 4.78 is 76.6. The number of carbonyl (C=O) groups excluding carboxylic acids is 5. The van der Waals surface area contributed by atoms with Gasteiger partial charge in [0.1, 0.15) is 51.1 Å². The third kappa shape index (κ3) is 27.1. The van der Waals surface area contributed by atoms with E-state index in [1.54, 1.807) is 78.1 Å². The van der Waals surface area contributed by atoms with Gasteiger partial charge in [-0.15, -0.1) is 49.0 Å². The molecule has 4 unspecified atom stereocenters. The summed E-state index contributed by atoms with van der Waals surface area (Å²) >= 11 is 6.06. The zero-order chi connectivity index (χ0) is 59.2. The van der Waals surface area contributed by atoms with Crippen LogP contribution in [-0.2, 0) is 88.6 Å². The number of benzene rings is 1. The van der Waals surface area contributed by atoms with Crippen molar-refractivity contribution in [3.63, 3.8) is 0 Å². The second kappa shape index (κ2) is 34.6. The van der Waals surface area contributed by atoms with E-state index in [4.69, 9.17) is 42.6 Å². The molecule has 1 aliphatic rings. The number of hydrogen-bond acceptors (Lipinski definition) is 29. The molecule has 1 aromatic carbocycles. The number of hydrogen-bond donors (Lipinski definition) is 5. The van der Waals surface area contributed by atoms with E-state index in [0.29, 0.717) is 23.4 Å². The smallest absolute Gasteiger partial charge is 0.394 e. The number of aromatic nitrogens is 15. The number of nitriles is 3. The fourth-order valence-electron chi connectivity index (χ4n) is 4.61. The topological polar surface area (TPSA) is 479 Å². The second-order valence-electron chi connectivity index (χ2n) is 14.3. The van der Waals surface area contributed by atoms with Crippen LogP contribution in [0.5, 0.6) is 0 Å². The number of amides is 2. The lowest BCUT2D eigenvalue weighted by atomic mass is 10.2. The fraction of sp³-hybridized carbons (Fsp3) is 0.385. The van der Waals surface area contributed by atoms with E-state index in [0.717, 1.165) is 5.56 Å². The van der Waals surface area contributed by atoms with Crippen molar-refractivity contribution in [2.75, 3.05) is 31.5 Å². The Kier molecular flexibility index (Phi) is 30.1. The minimum absolute atomic E-state index is 0.00718. The SMILES string of the molecule is COC(=O)CS.COC(=O)CSC(C#N)c1cn(C)nn1.Cc1ccc(S(=O)(=O)OC(C#N)c2cn(C)nn2)cc1.Cn1cc(C(O)C#N)nn1.Cn1cc(C2SCC(=O)NC2=O)nn1.Cn1cc(C=O)nn1.O=S(=O)(O)O. The molecular weight excluding hydrogens is 1130 g/mol. The molecule has 7 rings (SSSR count). The molecule has 6 heterocycles. The summed E-state index contributed by atoms with van der Waals surface area (Å²) in [5, 5.41) is 72.8. The van der Waals surface area contributed by atoms with Gasteiger partial charge in [-0.1, -0.05) is 43.8 Å². The number of methoxy groups -OCH3 is 2. The van der Waals surface area contributed by atoms with E-state index >= 15 is 0 Å². The van der Waals surface area contributed by atoms with Gasteiger partial charge in [-0.05, 0) is 19.1 Å². The lowest BCUT2D eigenvalue weighted by Crippen LogP contribution is -2.39. The van der Waals surface area contributed by atoms with Crippen LogP contribution < -0.4 is 5.32 Å². The number of nitrogens with one attached hydrogen (secondary N) is 1. The molecule has 0 saturated carbocycles. The van der Waals surface area contributed by atoms with E-state index in [9.17, 15) is 32.4 Å². The first-order chi connectivity index (χ1) is 36.6. The number of thioether (sulfide) groups is 2. The van der Waals surface area contributed by atoms with Crippen molar-refractivity contribution in [3.05, 3.63) is 89.3 Å². The van der Waals surface area contributed by atoms with Gasteiger partial charge >= 0.3 is 22.3 Å². The molecule has 0 aliphatic carbocycles. The number of aliphatic hydroxyl groups is 1. The summed E-state index contributed by atoms with van der Waals surface area (Å²) in [4.78, 5) is 52.9. The van der Waals surface area contributed by atoms with Crippen LogP contribution in [0.1, 0.15) is 61.5 Å². The maximum Gasteiger partial charge on any atom is 0.394 e. The van der Waals surface area contributed by atoms with Crippen LogP contribution >= 0.6 is 36.2 Å². The van der Waals surface area contributed by atoms with Crippen molar-refractivity contribution in [1.82, 2.24) is 80.3 Å². The number of carbonyl (C=O) groups is 5. The average Bonchev–Trinajstić information content (AvgIpc) is 4.28. The Hall–Kier alpha value is -8.07. The number of imide groups is 1. The van der Waals surface area contributed by atoms with Gasteiger partial charge in [0.05, 0.1) is 67.2 Å². The van der Waals surface area contributed by atoms with Crippen LogP contribution in [0.15, 0.2) is 60.1 Å². The molecule has 420 valence electrons. The van der Waals surface area contributed by atoms with Gasteiger partial charge in [0.25, 0.3) is 10.1 Å². The van der Waals surface area contributed by atoms with Crippen LogP contribution in [-0.4, -0.2) is 168 Å². The Labute approximate surface area is 458 Å². The molecular formula is C39H49N19O15S5. The normalized spacial score (nSPS) is 13.4. The molecule has 0 spiro atoms. The van der Waals surface area contributed by atoms with Crippen LogP contribution in [0.25, 0.3) is 0 Å². The minimum atomic E-state index is -4.67. The van der Waals surface area contributed by atoms with Crippen molar-refractivity contribution in [1.29, 1.82) is 15.8 Å². The number of aldehydes is 1. The number of aryl methyl sites for hydroxylation is 6. The molecule has 0 radical (unpaired) electrons. The number of aliphatic hydroxyl groups excluding tert-OH is 1. The summed E-state index contributed by atoms with van der Waals surface area (Å²) in [5.74, 6) is -0.635. The number of ether oxygens (including phenoxy) is 2. The van der Waals surface area contributed by atoms with E-state index in [1.807, 2.05) is 6.92 Å². The van der Waals surface area contributed by atoms with Gasteiger partial charge in [-0.2, -0.15) is 45.3 Å². The summed E-state index contributed by atoms with van der Waals surface area (Å²) in [6.07, 6.45) is 5.97. The van der Waals surface area contributed by atoms with Gasteiger partial charge in [0, 0.05) is 41.4 Å². The molecule has 1 fully saturated rings. The first-order valence-electron chi connectivity index (χ1n) is 20.8. The molecule has 78 heavy (non-hydrogen) atoms. The molecule has 34 nitrogen and oxygen atoms in total. The van der Waals surface area contributed by atoms with Crippen molar-refractivity contribution < 1.29 is 68.7 Å². The van der Waals surface area contributed by atoms with Gasteiger partial charge in [0.15, 0.2) is 12.4 Å². The van der Waals surface area contributed by atoms with Gasteiger partial charge in [-0.3, -0.25) is 61.8 Å². The molecule has 0 bridgehead atoms. The summed E-state index contributed by atoms with van der Waals surface area (Å²) in [6, 6.07) is 11.6. The maximum atomic E-state index is 12.1. The highest BCUT2D eigenvalue weighted by atomic mass is 32.3. The number of rotatable bonds is 12. The van der Waals surface area contributed by atoms with Crippen LogP contribution in [0.2, 0.25) is 0 Å². The van der Waals surface area contributed by atoms with Crippen molar-refractivity contribution >= 4 is 86.7 Å². The summed E-state index contributed by atoms with van der Waals surface area (Å²) in [7, 11) is 2.38. The molecule has 4 atom stereocenters. The van der Waals surface area contributed by atoms with E-state index < -0.39 is 43.2 Å². The van der Waals surface area contributed by atoms with Crippen LogP contribution in [0.4, 0.5) is 0 Å². The molecule has 4 N–H and O–H groups in total. The van der Waals surface area contributed by atoms with Crippen molar-refractivity contribution in [2.24, 2.45) is 35.2 Å². The van der Waals surface area contributed by atoms with Gasteiger partial charge in [-0.25, -0.2) is 4.18 Å². The fourth-order valence-corrected chi connectivity index (χ4v) is 7.37. The first-order valence-corrected chi connectivity index (χ1v) is 26.3. The molecule has 5 aromatic heterocycles. The lowest BCUT2D eigenvalue weighted by Gasteiger charge is -2.17.